The number of halogens is 2. The first kappa shape index (κ1) is 12.4. The van der Waals surface area contributed by atoms with E-state index in [1.165, 1.54) is 0 Å². The Hall–Kier alpha value is -0.720. The molecule has 0 fully saturated rings. The van der Waals surface area contributed by atoms with Gasteiger partial charge in [0.25, 0.3) is 0 Å². The lowest BCUT2D eigenvalue weighted by molar-refractivity contribution is 0.784. The predicted octanol–water partition coefficient (Wildman–Crippen LogP) is 4.21. The number of rotatable bonds is 5. The largest absolute Gasteiger partial charge is 0.384 e. The summed E-state index contributed by atoms with van der Waals surface area (Å²) >= 11 is 9.26. The number of nitriles is 1. The predicted molar refractivity (Wildman–Crippen MR) is 67.1 cm³/mol. The average Bonchev–Trinajstić information content (AvgIpc) is 2.20. The van der Waals surface area contributed by atoms with E-state index in [-0.39, 0.29) is 0 Å². The first-order valence-corrected chi connectivity index (χ1v) is 5.97. The van der Waals surface area contributed by atoms with Crippen molar-refractivity contribution in [2.24, 2.45) is 0 Å². The van der Waals surface area contributed by atoms with Gasteiger partial charge in [0.05, 0.1) is 6.07 Å². The highest BCUT2D eigenvalue weighted by Gasteiger charge is 1.99. The molecule has 4 heteroatoms. The Morgan fingerprint density at radius 3 is 2.87 bits per heavy atom. The summed E-state index contributed by atoms with van der Waals surface area (Å²) in [6, 6.07) is 7.78. The molecule has 0 saturated heterocycles. The summed E-state index contributed by atoms with van der Waals surface area (Å²) in [5.41, 5.74) is 1.04. The Morgan fingerprint density at radius 1 is 1.40 bits per heavy atom. The second-order valence-corrected chi connectivity index (χ2v) is 4.46. The normalized spacial score (nSPS) is 9.67. The van der Waals surface area contributed by atoms with Crippen LogP contribution in [0.15, 0.2) is 22.7 Å². The monoisotopic (exact) mass is 286 g/mol. The molecule has 1 aromatic rings. The highest BCUT2D eigenvalue weighted by atomic mass is 79.9. The lowest BCUT2D eigenvalue weighted by Crippen LogP contribution is -2.01. The average molecular weight is 288 g/mol. The van der Waals surface area contributed by atoms with Crippen LogP contribution in [0.1, 0.15) is 19.3 Å². The van der Waals surface area contributed by atoms with Gasteiger partial charge < -0.3 is 5.32 Å². The van der Waals surface area contributed by atoms with E-state index in [1.54, 1.807) is 0 Å². The topological polar surface area (TPSA) is 35.8 Å². The van der Waals surface area contributed by atoms with E-state index >= 15 is 0 Å². The molecule has 0 unspecified atom stereocenters. The molecular formula is C11H12BrClN2. The quantitative estimate of drug-likeness (QED) is 0.824. The van der Waals surface area contributed by atoms with Gasteiger partial charge in [-0.1, -0.05) is 11.6 Å². The molecule has 0 radical (unpaired) electrons. The molecule has 1 rings (SSSR count). The van der Waals surface area contributed by atoms with Crippen molar-refractivity contribution >= 4 is 33.2 Å². The van der Waals surface area contributed by atoms with Gasteiger partial charge in [-0.15, -0.1) is 0 Å². The maximum absolute atomic E-state index is 8.36. The van der Waals surface area contributed by atoms with E-state index < -0.39 is 0 Å². The lowest BCUT2D eigenvalue weighted by Gasteiger charge is -2.07. The number of anilines is 1. The van der Waals surface area contributed by atoms with Gasteiger partial charge in [-0.2, -0.15) is 5.26 Å². The molecule has 0 atom stereocenters. The van der Waals surface area contributed by atoms with Crippen LogP contribution in [-0.2, 0) is 0 Å². The van der Waals surface area contributed by atoms with Crippen molar-refractivity contribution in [1.29, 1.82) is 5.26 Å². The molecule has 1 N–H and O–H groups in total. The van der Waals surface area contributed by atoms with Gasteiger partial charge in [0.2, 0.25) is 0 Å². The standard InChI is InChI=1S/C11H12BrClN2/c12-10-8-9(13)4-5-11(10)15-7-3-1-2-6-14/h4-5,8,15H,1-3,7H2. The van der Waals surface area contributed by atoms with Crippen LogP contribution in [0.4, 0.5) is 5.69 Å². The molecule has 0 aliphatic heterocycles. The van der Waals surface area contributed by atoms with Crippen LogP contribution in [-0.4, -0.2) is 6.54 Å². The van der Waals surface area contributed by atoms with E-state index in [0.717, 1.165) is 34.6 Å². The minimum absolute atomic E-state index is 0.628. The van der Waals surface area contributed by atoms with Crippen LogP contribution in [0.5, 0.6) is 0 Å². The zero-order valence-electron chi connectivity index (χ0n) is 8.26. The maximum Gasteiger partial charge on any atom is 0.0621 e. The highest BCUT2D eigenvalue weighted by molar-refractivity contribution is 9.10. The van der Waals surface area contributed by atoms with E-state index in [0.29, 0.717) is 6.42 Å². The Labute approximate surface area is 103 Å². The van der Waals surface area contributed by atoms with Crippen molar-refractivity contribution < 1.29 is 0 Å². The molecule has 0 heterocycles. The number of benzene rings is 1. The molecular weight excluding hydrogens is 275 g/mol. The highest BCUT2D eigenvalue weighted by Crippen LogP contribution is 2.25. The third-order valence-electron chi connectivity index (χ3n) is 1.96. The number of nitrogens with zero attached hydrogens (tertiary/aromatic N) is 1. The van der Waals surface area contributed by atoms with Gasteiger partial charge in [-0.25, -0.2) is 0 Å². The van der Waals surface area contributed by atoms with E-state index in [1.807, 2.05) is 18.2 Å². The Bertz CT molecular complexity index is 360. The lowest BCUT2D eigenvalue weighted by atomic mass is 10.2. The second-order valence-electron chi connectivity index (χ2n) is 3.17. The minimum Gasteiger partial charge on any atom is -0.384 e. The smallest absolute Gasteiger partial charge is 0.0621 e. The van der Waals surface area contributed by atoms with Gasteiger partial charge >= 0.3 is 0 Å². The minimum atomic E-state index is 0.628. The molecule has 80 valence electrons. The maximum atomic E-state index is 8.36. The molecule has 0 amide bonds. The van der Waals surface area contributed by atoms with Crippen molar-refractivity contribution in [2.75, 3.05) is 11.9 Å². The molecule has 0 spiro atoms. The molecule has 15 heavy (non-hydrogen) atoms. The van der Waals surface area contributed by atoms with Gasteiger partial charge in [0, 0.05) is 28.1 Å². The third-order valence-corrected chi connectivity index (χ3v) is 2.85. The molecule has 0 saturated carbocycles. The summed E-state index contributed by atoms with van der Waals surface area (Å²) in [4.78, 5) is 0. The fraction of sp³-hybridized carbons (Fsp3) is 0.364. The van der Waals surface area contributed by atoms with Crippen molar-refractivity contribution in [2.45, 2.75) is 19.3 Å². The van der Waals surface area contributed by atoms with Crippen molar-refractivity contribution in [3.8, 4) is 6.07 Å². The number of unbranched alkanes of at least 4 members (excludes halogenated alkanes) is 2. The number of hydrogen-bond acceptors (Lipinski definition) is 2. The van der Waals surface area contributed by atoms with Crippen LogP contribution in [0.3, 0.4) is 0 Å². The number of nitrogens with one attached hydrogen (secondary N) is 1. The van der Waals surface area contributed by atoms with E-state index in [9.17, 15) is 0 Å². The Balaban J connectivity index is 2.35. The fourth-order valence-electron chi connectivity index (χ4n) is 1.18. The summed E-state index contributed by atoms with van der Waals surface area (Å²) < 4.78 is 0.968. The van der Waals surface area contributed by atoms with Crippen LogP contribution < -0.4 is 5.32 Å². The second kappa shape index (κ2) is 6.71. The van der Waals surface area contributed by atoms with Crippen LogP contribution in [0.2, 0.25) is 5.02 Å². The first-order chi connectivity index (χ1) is 7.24. The van der Waals surface area contributed by atoms with Crippen LogP contribution >= 0.6 is 27.5 Å². The fourth-order valence-corrected chi connectivity index (χ4v) is 2.01. The third kappa shape index (κ3) is 4.55. The first-order valence-electron chi connectivity index (χ1n) is 4.80. The van der Waals surface area contributed by atoms with Crippen LogP contribution in [0, 0.1) is 11.3 Å². The van der Waals surface area contributed by atoms with Gasteiger partial charge in [0.1, 0.15) is 0 Å². The van der Waals surface area contributed by atoms with Crippen molar-refractivity contribution in [3.05, 3.63) is 27.7 Å². The zero-order chi connectivity index (χ0) is 11.1. The molecule has 0 aliphatic rings. The number of hydrogen-bond donors (Lipinski definition) is 1. The Kier molecular flexibility index (Phi) is 5.52. The summed E-state index contributed by atoms with van der Waals surface area (Å²) in [6.07, 6.45) is 2.57. The SMILES string of the molecule is N#CCCCCNc1ccc(Cl)cc1Br. The summed E-state index contributed by atoms with van der Waals surface area (Å²) in [6.45, 7) is 0.877. The van der Waals surface area contributed by atoms with Gasteiger partial charge in [0.15, 0.2) is 0 Å². The summed E-state index contributed by atoms with van der Waals surface area (Å²) in [5.74, 6) is 0. The molecule has 2 nitrogen and oxygen atoms in total. The molecule has 0 aromatic heterocycles. The molecule has 1 aromatic carbocycles. The van der Waals surface area contributed by atoms with E-state index in [2.05, 4.69) is 27.3 Å². The molecule has 0 aliphatic carbocycles. The van der Waals surface area contributed by atoms with Crippen molar-refractivity contribution in [3.63, 3.8) is 0 Å². The van der Waals surface area contributed by atoms with Crippen LogP contribution in [0.25, 0.3) is 0 Å². The zero-order valence-corrected chi connectivity index (χ0v) is 10.6. The summed E-state index contributed by atoms with van der Waals surface area (Å²) in [7, 11) is 0. The Morgan fingerprint density at radius 2 is 2.20 bits per heavy atom. The van der Waals surface area contributed by atoms with E-state index in [4.69, 9.17) is 16.9 Å². The van der Waals surface area contributed by atoms with Crippen molar-refractivity contribution in [1.82, 2.24) is 0 Å². The summed E-state index contributed by atoms with van der Waals surface area (Å²) in [5, 5.41) is 12.4. The van der Waals surface area contributed by atoms with Gasteiger partial charge in [-0.05, 0) is 47.0 Å². The molecule has 0 bridgehead atoms. The van der Waals surface area contributed by atoms with Gasteiger partial charge in [-0.3, -0.25) is 0 Å².